The summed E-state index contributed by atoms with van der Waals surface area (Å²) in [5, 5.41) is 11.5. The van der Waals surface area contributed by atoms with Gasteiger partial charge in [-0.15, -0.1) is 0 Å². The average Bonchev–Trinajstić information content (AvgIpc) is 2.86. The molecule has 0 bridgehead atoms. The maximum atomic E-state index is 15.1. The first-order valence-electron chi connectivity index (χ1n) is 13.1. The van der Waals surface area contributed by atoms with E-state index >= 15 is 8.78 Å². The van der Waals surface area contributed by atoms with E-state index in [4.69, 9.17) is 14.6 Å². The lowest BCUT2D eigenvalue weighted by atomic mass is 9.84. The highest BCUT2D eigenvalue weighted by atomic mass is 19.1. The molecule has 2 amide bonds. The van der Waals surface area contributed by atoms with E-state index in [9.17, 15) is 14.4 Å². The van der Waals surface area contributed by atoms with Crippen molar-refractivity contribution in [3.63, 3.8) is 0 Å². The highest BCUT2D eigenvalue weighted by Crippen LogP contribution is 2.35. The minimum Gasteiger partial charge on any atom is -0.494 e. The summed E-state index contributed by atoms with van der Waals surface area (Å²) in [4.78, 5) is 39.0. The molecule has 8 nitrogen and oxygen atoms in total. The number of rotatable bonds is 12. The van der Waals surface area contributed by atoms with Crippen LogP contribution < -0.4 is 10.1 Å². The first-order valence-corrected chi connectivity index (χ1v) is 13.1. The number of halogens is 2. The van der Waals surface area contributed by atoms with Gasteiger partial charge in [0.1, 0.15) is 23.4 Å². The van der Waals surface area contributed by atoms with Gasteiger partial charge < -0.3 is 24.8 Å². The van der Waals surface area contributed by atoms with E-state index in [1.54, 1.807) is 32.9 Å². The minimum atomic E-state index is -1.07. The van der Waals surface area contributed by atoms with E-state index < -0.39 is 35.0 Å². The molecule has 3 rings (SSSR count). The molecule has 0 saturated heterocycles. The number of ether oxygens (including phenoxy) is 2. The largest absolute Gasteiger partial charge is 0.494 e. The smallest absolute Gasteiger partial charge is 0.303 e. The molecule has 1 aliphatic heterocycles. The summed E-state index contributed by atoms with van der Waals surface area (Å²) >= 11 is 0. The Morgan fingerprint density at radius 3 is 2.38 bits per heavy atom. The SMILES string of the molecule is CCOCC(C)(C)c1c(F)cc(NC(=O)C2c3ccc(OCC)cc3CCN2C(=O)CCCC(=O)O)cc1F. The van der Waals surface area contributed by atoms with Gasteiger partial charge in [-0.1, -0.05) is 19.9 Å². The Hall–Kier alpha value is -3.53. The molecule has 1 heterocycles. The van der Waals surface area contributed by atoms with Gasteiger partial charge in [0.2, 0.25) is 5.91 Å². The summed E-state index contributed by atoms with van der Waals surface area (Å²) in [6.45, 7) is 8.20. The van der Waals surface area contributed by atoms with Gasteiger partial charge in [-0.3, -0.25) is 14.4 Å². The monoisotopic (exact) mass is 546 g/mol. The number of nitrogens with one attached hydrogen (secondary N) is 1. The number of anilines is 1. The molecule has 0 spiro atoms. The maximum Gasteiger partial charge on any atom is 0.303 e. The number of carbonyl (C=O) groups is 3. The molecule has 0 fully saturated rings. The van der Waals surface area contributed by atoms with Crippen molar-refractivity contribution in [2.45, 2.75) is 64.8 Å². The molecule has 1 unspecified atom stereocenters. The summed E-state index contributed by atoms with van der Waals surface area (Å²) in [5.41, 5.74) is 0.232. The van der Waals surface area contributed by atoms with Crippen LogP contribution >= 0.6 is 0 Å². The van der Waals surface area contributed by atoms with Gasteiger partial charge in [0.15, 0.2) is 0 Å². The fourth-order valence-electron chi connectivity index (χ4n) is 4.88. The van der Waals surface area contributed by atoms with E-state index in [-0.39, 0.29) is 49.6 Å². The van der Waals surface area contributed by atoms with Gasteiger partial charge in [0, 0.05) is 42.7 Å². The fourth-order valence-corrected chi connectivity index (χ4v) is 4.88. The van der Waals surface area contributed by atoms with E-state index in [0.29, 0.717) is 30.9 Å². The van der Waals surface area contributed by atoms with Crippen molar-refractivity contribution in [2.75, 3.05) is 31.7 Å². The third kappa shape index (κ3) is 7.32. The van der Waals surface area contributed by atoms with Crippen LogP contribution in [0.15, 0.2) is 30.3 Å². The number of amides is 2. The van der Waals surface area contributed by atoms with Gasteiger partial charge in [-0.05, 0) is 62.1 Å². The second-order valence-corrected chi connectivity index (χ2v) is 10.1. The van der Waals surface area contributed by atoms with E-state index in [1.807, 2.05) is 13.0 Å². The molecule has 212 valence electrons. The Morgan fingerprint density at radius 1 is 1.08 bits per heavy atom. The molecule has 2 aromatic rings. The zero-order chi connectivity index (χ0) is 28.7. The first kappa shape index (κ1) is 30.0. The minimum absolute atomic E-state index is 0.0463. The van der Waals surface area contributed by atoms with Gasteiger partial charge in [0.25, 0.3) is 5.91 Å². The molecular formula is C29H36F2N2O6. The summed E-state index contributed by atoms with van der Waals surface area (Å²) in [6.07, 6.45) is 0.382. The standard InChI is InChI=1S/C29H36F2N2O6/c1-5-38-17-29(3,4)26-22(30)15-19(16-23(26)31)32-28(37)27-21-11-10-20(39-6-2)14-18(21)12-13-33(27)24(34)8-7-9-25(35)36/h10-11,14-16,27H,5-9,12-13,17H2,1-4H3,(H,32,37)(H,35,36). The van der Waals surface area contributed by atoms with Crippen LogP contribution in [-0.4, -0.2) is 54.2 Å². The lowest BCUT2D eigenvalue weighted by Crippen LogP contribution is -2.45. The Labute approximate surface area is 227 Å². The molecule has 2 N–H and O–H groups in total. The van der Waals surface area contributed by atoms with Crippen molar-refractivity contribution in [1.29, 1.82) is 0 Å². The molecule has 1 atom stereocenters. The van der Waals surface area contributed by atoms with Gasteiger partial charge in [-0.2, -0.15) is 0 Å². The van der Waals surface area contributed by atoms with Crippen molar-refractivity contribution in [2.24, 2.45) is 0 Å². The second kappa shape index (κ2) is 13.0. The predicted molar refractivity (Wildman–Crippen MR) is 142 cm³/mol. The Kier molecular flexibility index (Phi) is 10.0. The zero-order valence-electron chi connectivity index (χ0n) is 22.8. The predicted octanol–water partition coefficient (Wildman–Crippen LogP) is 5.00. The summed E-state index contributed by atoms with van der Waals surface area (Å²) in [6, 6.07) is 6.29. The van der Waals surface area contributed by atoms with Crippen LogP contribution in [0.3, 0.4) is 0 Å². The third-order valence-electron chi connectivity index (χ3n) is 6.66. The maximum absolute atomic E-state index is 15.1. The summed E-state index contributed by atoms with van der Waals surface area (Å²) < 4.78 is 41.2. The average molecular weight is 547 g/mol. The van der Waals surface area contributed by atoms with Gasteiger partial charge in [0.05, 0.1) is 13.2 Å². The van der Waals surface area contributed by atoms with Crippen LogP contribution in [-0.2, 0) is 31.0 Å². The van der Waals surface area contributed by atoms with Crippen molar-refractivity contribution < 1.29 is 37.7 Å². The van der Waals surface area contributed by atoms with Gasteiger partial charge >= 0.3 is 5.97 Å². The van der Waals surface area contributed by atoms with E-state index in [2.05, 4.69) is 5.32 Å². The van der Waals surface area contributed by atoms with Crippen LogP contribution in [0.2, 0.25) is 0 Å². The highest BCUT2D eigenvalue weighted by Gasteiger charge is 2.36. The first-order chi connectivity index (χ1) is 18.5. The molecule has 0 radical (unpaired) electrons. The molecule has 39 heavy (non-hydrogen) atoms. The molecule has 0 aromatic heterocycles. The topological polar surface area (TPSA) is 105 Å². The quantitative estimate of drug-likeness (QED) is 0.388. The van der Waals surface area contributed by atoms with Crippen LogP contribution in [0.25, 0.3) is 0 Å². The number of fused-ring (bicyclic) bond motifs is 1. The zero-order valence-corrected chi connectivity index (χ0v) is 22.8. The van der Waals surface area contributed by atoms with Crippen LogP contribution in [0.4, 0.5) is 14.5 Å². The number of aliphatic carboxylic acids is 1. The van der Waals surface area contributed by atoms with Gasteiger partial charge in [-0.25, -0.2) is 8.78 Å². The number of hydrogen-bond acceptors (Lipinski definition) is 5. The number of carbonyl (C=O) groups excluding carboxylic acids is 2. The highest BCUT2D eigenvalue weighted by molar-refractivity contribution is 5.98. The number of hydrogen-bond donors (Lipinski definition) is 2. The van der Waals surface area contributed by atoms with Crippen molar-refractivity contribution in [3.05, 3.63) is 58.7 Å². The molecule has 2 aromatic carbocycles. The van der Waals surface area contributed by atoms with Crippen LogP contribution in [0.5, 0.6) is 5.75 Å². The number of carboxylic acids is 1. The fraction of sp³-hybridized carbons (Fsp3) is 0.483. The Balaban J connectivity index is 1.92. The molecule has 1 aliphatic rings. The second-order valence-electron chi connectivity index (χ2n) is 10.1. The number of benzene rings is 2. The summed E-state index contributed by atoms with van der Waals surface area (Å²) in [5.74, 6) is -3.02. The van der Waals surface area contributed by atoms with Crippen LogP contribution in [0.1, 0.15) is 69.7 Å². The Morgan fingerprint density at radius 2 is 1.77 bits per heavy atom. The van der Waals surface area contributed by atoms with E-state index in [1.165, 1.54) is 4.90 Å². The summed E-state index contributed by atoms with van der Waals surface area (Å²) in [7, 11) is 0. The normalized spacial score (nSPS) is 15.0. The molecular weight excluding hydrogens is 510 g/mol. The lowest BCUT2D eigenvalue weighted by molar-refractivity contribution is -0.140. The van der Waals surface area contributed by atoms with Crippen molar-refractivity contribution >= 4 is 23.5 Å². The molecule has 0 aliphatic carbocycles. The molecule has 10 heteroatoms. The van der Waals surface area contributed by atoms with Crippen LogP contribution in [0, 0.1) is 11.6 Å². The third-order valence-corrected chi connectivity index (χ3v) is 6.66. The van der Waals surface area contributed by atoms with Crippen molar-refractivity contribution in [1.82, 2.24) is 4.90 Å². The number of nitrogens with zero attached hydrogens (tertiary/aromatic N) is 1. The van der Waals surface area contributed by atoms with E-state index in [0.717, 1.165) is 17.7 Å². The Bertz CT molecular complexity index is 1190. The van der Waals surface area contributed by atoms with Crippen molar-refractivity contribution in [3.8, 4) is 5.75 Å². The lowest BCUT2D eigenvalue weighted by Gasteiger charge is -2.36. The number of carboxylic acid groups (broad SMARTS) is 1. The molecule has 0 saturated carbocycles.